The first-order chi connectivity index (χ1) is 13.1. The molecule has 28 heavy (non-hydrogen) atoms. The quantitative estimate of drug-likeness (QED) is 0.305. The number of alkyl halides is 3. The van der Waals surface area contributed by atoms with Crippen molar-refractivity contribution in [3.8, 4) is 0 Å². The lowest BCUT2D eigenvalue weighted by molar-refractivity contribution is 0.0697. The van der Waals surface area contributed by atoms with Crippen molar-refractivity contribution in [1.82, 2.24) is 10.6 Å². The summed E-state index contributed by atoms with van der Waals surface area (Å²) in [6, 6.07) is 13.1. The molecule has 1 amide bonds. The van der Waals surface area contributed by atoms with E-state index in [1.54, 1.807) is 30.3 Å². The van der Waals surface area contributed by atoms with Crippen LogP contribution in [0.25, 0.3) is 0 Å². The second kappa shape index (κ2) is 9.43. The van der Waals surface area contributed by atoms with Gasteiger partial charge in [0.15, 0.2) is 5.11 Å². The number of para-hydroxylation sites is 1. The highest BCUT2D eigenvalue weighted by atomic mass is 35.6. The lowest BCUT2D eigenvalue weighted by atomic mass is 10.1. The lowest BCUT2D eigenvalue weighted by Crippen LogP contribution is -2.56. The summed E-state index contributed by atoms with van der Waals surface area (Å²) in [5.74, 6) is -1.60. The summed E-state index contributed by atoms with van der Waals surface area (Å²) in [5, 5.41) is 17.2. The number of thiocarbonyl (C=S) groups is 1. The Balaban J connectivity index is 2.13. The molecule has 0 aromatic heterocycles. The number of rotatable bonds is 5. The van der Waals surface area contributed by atoms with Gasteiger partial charge in [0.25, 0.3) is 5.91 Å². The molecule has 0 aliphatic rings. The van der Waals surface area contributed by atoms with E-state index in [-0.39, 0.29) is 16.4 Å². The van der Waals surface area contributed by atoms with Crippen LogP contribution in [0.2, 0.25) is 0 Å². The first-order valence-electron chi connectivity index (χ1n) is 7.92. The van der Waals surface area contributed by atoms with Crippen LogP contribution in [0.5, 0.6) is 0 Å². The fraction of sp³-hybridized carbons (Fsp3) is 0.167. The molecule has 2 rings (SSSR count). The van der Waals surface area contributed by atoms with E-state index in [2.05, 4.69) is 16.0 Å². The maximum absolute atomic E-state index is 12.5. The number of hydrogen-bond donors (Lipinski definition) is 4. The number of aromatic carboxylic acids is 1. The fourth-order valence-electron chi connectivity index (χ4n) is 2.27. The van der Waals surface area contributed by atoms with Crippen LogP contribution in [0.15, 0.2) is 48.5 Å². The number of amides is 1. The third-order valence-electron chi connectivity index (χ3n) is 3.56. The van der Waals surface area contributed by atoms with Gasteiger partial charge in [-0.1, -0.05) is 64.6 Å². The minimum absolute atomic E-state index is 0.0147. The normalized spacial score (nSPS) is 12.0. The summed E-state index contributed by atoms with van der Waals surface area (Å²) in [6.07, 6.45) is -1.18. The molecule has 0 saturated heterocycles. The number of carboxylic acids is 1. The predicted molar refractivity (Wildman–Crippen MR) is 115 cm³/mol. The summed E-state index contributed by atoms with van der Waals surface area (Å²) < 4.78 is -1.93. The molecule has 0 bridgehead atoms. The van der Waals surface area contributed by atoms with Gasteiger partial charge >= 0.3 is 5.97 Å². The van der Waals surface area contributed by atoms with Crippen LogP contribution in [0, 0.1) is 6.92 Å². The Kier molecular flexibility index (Phi) is 7.48. The van der Waals surface area contributed by atoms with E-state index in [1.165, 1.54) is 12.1 Å². The molecule has 0 radical (unpaired) electrons. The van der Waals surface area contributed by atoms with Gasteiger partial charge in [-0.3, -0.25) is 4.79 Å². The molecule has 0 fully saturated rings. The monoisotopic (exact) mass is 459 g/mol. The topological polar surface area (TPSA) is 90.5 Å². The Hall–Kier alpha value is -2.06. The van der Waals surface area contributed by atoms with Crippen LogP contribution in [-0.4, -0.2) is 32.1 Å². The molecule has 10 heteroatoms. The van der Waals surface area contributed by atoms with E-state index in [9.17, 15) is 14.7 Å². The second-order valence-electron chi connectivity index (χ2n) is 5.77. The highest BCUT2D eigenvalue weighted by Crippen LogP contribution is 2.29. The SMILES string of the molecule is Cc1cccc(C(=O)N[C@H](NC(=S)Nc2ccccc2C(=O)O)C(Cl)(Cl)Cl)c1. The van der Waals surface area contributed by atoms with Crippen molar-refractivity contribution in [2.24, 2.45) is 0 Å². The van der Waals surface area contributed by atoms with Gasteiger partial charge in [0.05, 0.1) is 11.3 Å². The number of halogens is 3. The standard InChI is InChI=1S/C18H16Cl3N3O3S/c1-10-5-4-6-11(9-10)14(25)23-16(18(19,20)21)24-17(28)22-13-8-3-2-7-12(13)15(26)27/h2-9,16H,1H3,(H,23,25)(H,26,27)(H2,22,24,28)/t16-/m1/s1. The minimum Gasteiger partial charge on any atom is -0.478 e. The van der Waals surface area contributed by atoms with Crippen molar-refractivity contribution in [2.45, 2.75) is 16.9 Å². The number of carbonyl (C=O) groups excluding carboxylic acids is 1. The molecular formula is C18H16Cl3N3O3S. The first kappa shape index (κ1) is 22.2. The summed E-state index contributed by atoms with van der Waals surface area (Å²) >= 11 is 23.1. The van der Waals surface area contributed by atoms with Gasteiger partial charge < -0.3 is 21.1 Å². The lowest BCUT2D eigenvalue weighted by Gasteiger charge is -2.28. The summed E-state index contributed by atoms with van der Waals surface area (Å²) in [4.78, 5) is 23.8. The molecule has 0 saturated carbocycles. The highest BCUT2D eigenvalue weighted by Gasteiger charge is 2.35. The van der Waals surface area contributed by atoms with Crippen LogP contribution >= 0.6 is 47.0 Å². The smallest absolute Gasteiger partial charge is 0.337 e. The van der Waals surface area contributed by atoms with Crippen LogP contribution in [0.4, 0.5) is 5.69 Å². The summed E-state index contributed by atoms with van der Waals surface area (Å²) in [5.41, 5.74) is 1.55. The molecule has 4 N–H and O–H groups in total. The fourth-order valence-corrected chi connectivity index (χ4v) is 2.82. The summed E-state index contributed by atoms with van der Waals surface area (Å²) in [6.45, 7) is 1.85. The van der Waals surface area contributed by atoms with Crippen molar-refractivity contribution < 1.29 is 14.7 Å². The van der Waals surface area contributed by atoms with Gasteiger partial charge in [0, 0.05) is 5.56 Å². The van der Waals surface area contributed by atoms with Gasteiger partial charge in [0.2, 0.25) is 3.79 Å². The summed E-state index contributed by atoms with van der Waals surface area (Å²) in [7, 11) is 0. The van der Waals surface area contributed by atoms with Gasteiger partial charge in [0.1, 0.15) is 6.17 Å². The van der Waals surface area contributed by atoms with E-state index in [1.807, 2.05) is 13.0 Å². The van der Waals surface area contributed by atoms with E-state index in [4.69, 9.17) is 47.0 Å². The third-order valence-corrected chi connectivity index (χ3v) is 4.44. The molecule has 148 valence electrons. The van der Waals surface area contributed by atoms with E-state index in [0.29, 0.717) is 5.56 Å². The average Bonchev–Trinajstić information content (AvgIpc) is 2.60. The molecule has 2 aromatic rings. The van der Waals surface area contributed by atoms with Crippen molar-refractivity contribution in [3.05, 3.63) is 65.2 Å². The molecule has 2 aromatic carbocycles. The Bertz CT molecular complexity index is 903. The molecule has 0 spiro atoms. The Morgan fingerprint density at radius 2 is 1.75 bits per heavy atom. The number of carbonyl (C=O) groups is 2. The minimum atomic E-state index is -1.93. The maximum atomic E-state index is 12.5. The molecule has 1 atom stereocenters. The van der Waals surface area contributed by atoms with Crippen molar-refractivity contribution in [1.29, 1.82) is 0 Å². The van der Waals surface area contributed by atoms with E-state index >= 15 is 0 Å². The molecule has 0 unspecified atom stereocenters. The van der Waals surface area contributed by atoms with Crippen LogP contribution in [0.3, 0.4) is 0 Å². The van der Waals surface area contributed by atoms with Gasteiger partial charge in [-0.25, -0.2) is 4.79 Å². The number of aryl methyl sites for hydroxylation is 1. The largest absolute Gasteiger partial charge is 0.478 e. The van der Waals surface area contributed by atoms with Gasteiger partial charge in [-0.15, -0.1) is 0 Å². The second-order valence-corrected chi connectivity index (χ2v) is 8.54. The van der Waals surface area contributed by atoms with Gasteiger partial charge in [-0.2, -0.15) is 0 Å². The number of nitrogens with one attached hydrogen (secondary N) is 3. The van der Waals surface area contributed by atoms with Crippen molar-refractivity contribution >= 4 is 69.7 Å². The Morgan fingerprint density at radius 1 is 1.07 bits per heavy atom. The molecule has 0 heterocycles. The maximum Gasteiger partial charge on any atom is 0.337 e. The molecular weight excluding hydrogens is 445 g/mol. The average molecular weight is 461 g/mol. The zero-order valence-corrected chi connectivity index (χ0v) is 17.6. The number of hydrogen-bond acceptors (Lipinski definition) is 3. The Morgan fingerprint density at radius 3 is 2.36 bits per heavy atom. The van der Waals surface area contributed by atoms with Crippen molar-refractivity contribution in [2.75, 3.05) is 5.32 Å². The number of benzene rings is 2. The number of carboxylic acid groups (broad SMARTS) is 1. The zero-order chi connectivity index (χ0) is 20.9. The molecule has 0 aliphatic heterocycles. The Labute approximate surface area is 182 Å². The predicted octanol–water partition coefficient (Wildman–Crippen LogP) is 4.11. The van der Waals surface area contributed by atoms with E-state index < -0.39 is 21.8 Å². The van der Waals surface area contributed by atoms with Crippen LogP contribution < -0.4 is 16.0 Å². The zero-order valence-electron chi connectivity index (χ0n) is 14.5. The van der Waals surface area contributed by atoms with Crippen LogP contribution in [-0.2, 0) is 0 Å². The number of anilines is 1. The molecule has 6 nitrogen and oxygen atoms in total. The van der Waals surface area contributed by atoms with E-state index in [0.717, 1.165) is 5.56 Å². The molecule has 0 aliphatic carbocycles. The first-order valence-corrected chi connectivity index (χ1v) is 9.46. The van der Waals surface area contributed by atoms with Gasteiger partial charge in [-0.05, 0) is 43.4 Å². The highest BCUT2D eigenvalue weighted by molar-refractivity contribution is 7.80. The third kappa shape index (κ3) is 6.24. The van der Waals surface area contributed by atoms with Crippen molar-refractivity contribution in [3.63, 3.8) is 0 Å². The van der Waals surface area contributed by atoms with Crippen LogP contribution in [0.1, 0.15) is 26.3 Å².